The standard InChI is InChI=1S/C11H17ClN2O/c1-8-2-3-9(6-11(8)12)14-7-10(15)4-5-13/h2-3,6,10,14-15H,4-5,7,13H2,1H3. The third-order valence-corrected chi connectivity index (χ3v) is 2.62. The summed E-state index contributed by atoms with van der Waals surface area (Å²) in [6.07, 6.45) is 0.196. The predicted molar refractivity (Wildman–Crippen MR) is 64.4 cm³/mol. The maximum absolute atomic E-state index is 9.46. The van der Waals surface area contributed by atoms with E-state index in [1.165, 1.54) is 0 Å². The van der Waals surface area contributed by atoms with Gasteiger partial charge in [0, 0.05) is 17.3 Å². The molecule has 15 heavy (non-hydrogen) atoms. The van der Waals surface area contributed by atoms with Crippen LogP contribution in [0.5, 0.6) is 0 Å². The van der Waals surface area contributed by atoms with Crippen LogP contribution in [0.3, 0.4) is 0 Å². The molecule has 1 rings (SSSR count). The zero-order valence-electron chi connectivity index (χ0n) is 8.83. The lowest BCUT2D eigenvalue weighted by Crippen LogP contribution is -2.22. The van der Waals surface area contributed by atoms with Gasteiger partial charge in [-0.3, -0.25) is 0 Å². The molecule has 84 valence electrons. The first-order chi connectivity index (χ1) is 7.13. The SMILES string of the molecule is Cc1ccc(NCC(O)CCN)cc1Cl. The fraction of sp³-hybridized carbons (Fsp3) is 0.455. The van der Waals surface area contributed by atoms with Crippen LogP contribution >= 0.6 is 11.6 Å². The lowest BCUT2D eigenvalue weighted by atomic mass is 10.2. The van der Waals surface area contributed by atoms with Crippen LogP contribution in [0.15, 0.2) is 18.2 Å². The Labute approximate surface area is 95.2 Å². The van der Waals surface area contributed by atoms with Gasteiger partial charge < -0.3 is 16.2 Å². The number of rotatable bonds is 5. The summed E-state index contributed by atoms with van der Waals surface area (Å²) >= 11 is 5.97. The molecule has 4 heteroatoms. The van der Waals surface area contributed by atoms with E-state index >= 15 is 0 Å². The number of halogens is 1. The molecule has 1 unspecified atom stereocenters. The number of hydrogen-bond donors (Lipinski definition) is 3. The molecule has 0 aliphatic carbocycles. The Morgan fingerprint density at radius 3 is 2.87 bits per heavy atom. The summed E-state index contributed by atoms with van der Waals surface area (Å²) in [6, 6.07) is 5.74. The van der Waals surface area contributed by atoms with Gasteiger partial charge in [0.1, 0.15) is 0 Å². The van der Waals surface area contributed by atoms with Crippen molar-refractivity contribution in [1.29, 1.82) is 0 Å². The second-order valence-electron chi connectivity index (χ2n) is 3.58. The Kier molecular flexibility index (Phi) is 4.88. The molecule has 0 spiro atoms. The fourth-order valence-electron chi connectivity index (χ4n) is 1.23. The van der Waals surface area contributed by atoms with Gasteiger partial charge in [0.2, 0.25) is 0 Å². The van der Waals surface area contributed by atoms with Crippen LogP contribution in [-0.4, -0.2) is 24.3 Å². The van der Waals surface area contributed by atoms with Gasteiger partial charge in [0.25, 0.3) is 0 Å². The molecule has 4 N–H and O–H groups in total. The number of hydrogen-bond acceptors (Lipinski definition) is 3. The van der Waals surface area contributed by atoms with Gasteiger partial charge in [-0.1, -0.05) is 17.7 Å². The van der Waals surface area contributed by atoms with Crippen LogP contribution in [0.2, 0.25) is 5.02 Å². The van der Waals surface area contributed by atoms with E-state index in [2.05, 4.69) is 5.32 Å². The number of nitrogens with one attached hydrogen (secondary N) is 1. The van der Waals surface area contributed by atoms with E-state index in [9.17, 15) is 5.11 Å². The van der Waals surface area contributed by atoms with E-state index in [4.69, 9.17) is 17.3 Å². The fourth-order valence-corrected chi connectivity index (χ4v) is 1.41. The average Bonchev–Trinajstić information content (AvgIpc) is 2.20. The third kappa shape index (κ3) is 4.08. The quantitative estimate of drug-likeness (QED) is 0.720. The predicted octanol–water partition coefficient (Wildman–Crippen LogP) is 1.77. The van der Waals surface area contributed by atoms with E-state index in [1.807, 2.05) is 25.1 Å². The lowest BCUT2D eigenvalue weighted by Gasteiger charge is -2.12. The van der Waals surface area contributed by atoms with E-state index in [0.717, 1.165) is 16.3 Å². The second kappa shape index (κ2) is 5.95. The first kappa shape index (κ1) is 12.3. The van der Waals surface area contributed by atoms with Crippen LogP contribution in [0.25, 0.3) is 0 Å². The molecule has 0 bridgehead atoms. The Balaban J connectivity index is 2.47. The molecule has 0 aromatic heterocycles. The number of aliphatic hydroxyl groups is 1. The molecule has 0 aliphatic rings. The molecule has 0 heterocycles. The van der Waals surface area contributed by atoms with Crippen molar-refractivity contribution in [3.05, 3.63) is 28.8 Å². The summed E-state index contributed by atoms with van der Waals surface area (Å²) in [5.74, 6) is 0. The van der Waals surface area contributed by atoms with Crippen LogP contribution in [0, 0.1) is 6.92 Å². The van der Waals surface area contributed by atoms with Gasteiger partial charge in [-0.2, -0.15) is 0 Å². The van der Waals surface area contributed by atoms with Crippen LogP contribution in [-0.2, 0) is 0 Å². The third-order valence-electron chi connectivity index (χ3n) is 2.21. The molecule has 1 aromatic carbocycles. The summed E-state index contributed by atoms with van der Waals surface area (Å²) < 4.78 is 0. The molecule has 1 atom stereocenters. The normalized spacial score (nSPS) is 12.5. The van der Waals surface area contributed by atoms with Crippen molar-refractivity contribution in [1.82, 2.24) is 0 Å². The van der Waals surface area contributed by atoms with Gasteiger partial charge in [-0.25, -0.2) is 0 Å². The van der Waals surface area contributed by atoms with Crippen LogP contribution in [0.4, 0.5) is 5.69 Å². The molecular weight excluding hydrogens is 212 g/mol. The molecule has 0 radical (unpaired) electrons. The van der Waals surface area contributed by atoms with Crippen molar-refractivity contribution in [2.45, 2.75) is 19.4 Å². The Morgan fingerprint density at radius 1 is 1.53 bits per heavy atom. The summed E-state index contributed by atoms with van der Waals surface area (Å²) in [6.45, 7) is 2.95. The van der Waals surface area contributed by atoms with Gasteiger partial charge in [-0.05, 0) is 37.6 Å². The molecule has 0 saturated carbocycles. The van der Waals surface area contributed by atoms with Crippen molar-refractivity contribution in [3.63, 3.8) is 0 Å². The monoisotopic (exact) mass is 228 g/mol. The number of benzene rings is 1. The summed E-state index contributed by atoms with van der Waals surface area (Å²) in [5.41, 5.74) is 7.30. The minimum Gasteiger partial charge on any atom is -0.391 e. The summed E-state index contributed by atoms with van der Waals surface area (Å²) in [5, 5.41) is 13.3. The first-order valence-corrected chi connectivity index (χ1v) is 5.39. The number of aryl methyl sites for hydroxylation is 1. The van der Waals surface area contributed by atoms with Gasteiger partial charge in [0.15, 0.2) is 0 Å². The molecular formula is C11H17ClN2O. The minimum absolute atomic E-state index is 0.407. The van der Waals surface area contributed by atoms with Gasteiger partial charge >= 0.3 is 0 Å². The number of aliphatic hydroxyl groups excluding tert-OH is 1. The summed E-state index contributed by atoms with van der Waals surface area (Å²) in [4.78, 5) is 0. The Hall–Kier alpha value is -0.770. The molecule has 0 amide bonds. The van der Waals surface area contributed by atoms with Crippen molar-refractivity contribution in [2.75, 3.05) is 18.4 Å². The highest BCUT2D eigenvalue weighted by atomic mass is 35.5. The molecule has 0 fully saturated rings. The topological polar surface area (TPSA) is 58.3 Å². The number of nitrogens with two attached hydrogens (primary N) is 1. The largest absolute Gasteiger partial charge is 0.391 e. The van der Waals surface area contributed by atoms with Crippen molar-refractivity contribution < 1.29 is 5.11 Å². The first-order valence-electron chi connectivity index (χ1n) is 5.01. The highest BCUT2D eigenvalue weighted by molar-refractivity contribution is 6.31. The maximum Gasteiger partial charge on any atom is 0.0724 e. The molecule has 1 aromatic rings. The van der Waals surface area contributed by atoms with E-state index in [-0.39, 0.29) is 0 Å². The van der Waals surface area contributed by atoms with Crippen molar-refractivity contribution >= 4 is 17.3 Å². The zero-order chi connectivity index (χ0) is 11.3. The molecule has 3 nitrogen and oxygen atoms in total. The van der Waals surface area contributed by atoms with E-state index in [1.54, 1.807) is 0 Å². The van der Waals surface area contributed by atoms with E-state index < -0.39 is 6.10 Å². The lowest BCUT2D eigenvalue weighted by molar-refractivity contribution is 0.180. The highest BCUT2D eigenvalue weighted by Crippen LogP contribution is 2.19. The Bertz CT molecular complexity index is 317. The van der Waals surface area contributed by atoms with E-state index in [0.29, 0.717) is 19.5 Å². The summed E-state index contributed by atoms with van der Waals surface area (Å²) in [7, 11) is 0. The van der Waals surface area contributed by atoms with Crippen LogP contribution in [0.1, 0.15) is 12.0 Å². The second-order valence-corrected chi connectivity index (χ2v) is 3.98. The zero-order valence-corrected chi connectivity index (χ0v) is 9.59. The van der Waals surface area contributed by atoms with Crippen molar-refractivity contribution in [3.8, 4) is 0 Å². The minimum atomic E-state index is -0.407. The highest BCUT2D eigenvalue weighted by Gasteiger charge is 2.03. The van der Waals surface area contributed by atoms with Crippen LogP contribution < -0.4 is 11.1 Å². The van der Waals surface area contributed by atoms with Gasteiger partial charge in [-0.15, -0.1) is 0 Å². The number of anilines is 1. The Morgan fingerprint density at radius 2 is 2.27 bits per heavy atom. The smallest absolute Gasteiger partial charge is 0.0724 e. The average molecular weight is 229 g/mol. The van der Waals surface area contributed by atoms with Gasteiger partial charge in [0.05, 0.1) is 6.10 Å². The van der Waals surface area contributed by atoms with Crippen molar-refractivity contribution in [2.24, 2.45) is 5.73 Å². The molecule has 0 saturated heterocycles. The maximum atomic E-state index is 9.46. The molecule has 0 aliphatic heterocycles.